The molecule has 9 heteroatoms. The fourth-order valence-corrected chi connectivity index (χ4v) is 1.25. The highest BCUT2D eigenvalue weighted by molar-refractivity contribution is 5.91. The smallest absolute Gasteiger partial charge is 0.434 e. The van der Waals surface area contributed by atoms with E-state index in [1.807, 2.05) is 0 Å². The Bertz CT molecular complexity index is 472. The van der Waals surface area contributed by atoms with Crippen LogP contribution in [0.15, 0.2) is 6.07 Å². The molecule has 1 rings (SSSR count). The maximum Gasteiger partial charge on any atom is 0.434 e. The largest absolute Gasteiger partial charge is 0.481 e. The molecule has 0 bridgehead atoms. The molecule has 0 aliphatic carbocycles. The fraction of sp³-hybridized carbons (Fsp3) is 0.333. The highest BCUT2D eigenvalue weighted by Gasteiger charge is 2.40. The van der Waals surface area contributed by atoms with Crippen LogP contribution in [0.4, 0.5) is 22.0 Å². The van der Waals surface area contributed by atoms with E-state index in [0.29, 0.717) is 6.07 Å². The average molecular weight is 271 g/mol. The minimum absolute atomic E-state index is 0.462. The van der Waals surface area contributed by atoms with Crippen LogP contribution in [-0.4, -0.2) is 23.2 Å². The molecule has 1 N–H and O–H groups in total. The first-order chi connectivity index (χ1) is 8.18. The lowest BCUT2D eigenvalue weighted by molar-refractivity contribution is -0.142. The second kappa shape index (κ2) is 4.75. The zero-order chi connectivity index (χ0) is 14.1. The van der Waals surface area contributed by atoms with Crippen molar-refractivity contribution >= 4 is 5.97 Å². The molecule has 0 saturated heterocycles. The number of alkyl halides is 5. The molecule has 0 saturated carbocycles. The van der Waals surface area contributed by atoms with Gasteiger partial charge in [0.1, 0.15) is 0 Å². The number of methoxy groups -OCH3 is 1. The number of carboxylic acids is 1. The number of carboxylic acid groups (broad SMARTS) is 1. The summed E-state index contributed by atoms with van der Waals surface area (Å²) in [6, 6.07) is 0.462. The Balaban J connectivity index is 3.66. The summed E-state index contributed by atoms with van der Waals surface area (Å²) in [5, 5.41) is 8.61. The SMILES string of the molecule is COc1cc(C(F)F)c(C(=O)O)c(C(F)(F)F)n1. The molecule has 0 amide bonds. The number of nitrogens with zero attached hydrogens (tertiary/aromatic N) is 1. The van der Waals surface area contributed by atoms with E-state index in [1.54, 1.807) is 0 Å². The monoisotopic (exact) mass is 271 g/mol. The van der Waals surface area contributed by atoms with Gasteiger partial charge in [-0.3, -0.25) is 0 Å². The van der Waals surface area contributed by atoms with Gasteiger partial charge < -0.3 is 9.84 Å². The standard InChI is InChI=1S/C9H6F5NO3/c1-18-4-2-3(7(10)11)5(8(16)17)6(15-4)9(12,13)14/h2,7H,1H3,(H,16,17). The Labute approximate surface area is 97.0 Å². The maximum atomic E-state index is 12.6. The van der Waals surface area contributed by atoms with Crippen LogP contribution in [0.2, 0.25) is 0 Å². The van der Waals surface area contributed by atoms with E-state index in [0.717, 1.165) is 7.11 Å². The fourth-order valence-electron chi connectivity index (χ4n) is 1.25. The molecule has 18 heavy (non-hydrogen) atoms. The third-order valence-corrected chi connectivity index (χ3v) is 1.95. The van der Waals surface area contributed by atoms with Crippen LogP contribution in [0.5, 0.6) is 5.88 Å². The van der Waals surface area contributed by atoms with Gasteiger partial charge >= 0.3 is 12.1 Å². The molecule has 1 heterocycles. The van der Waals surface area contributed by atoms with Gasteiger partial charge in [-0.15, -0.1) is 0 Å². The van der Waals surface area contributed by atoms with Crippen LogP contribution in [-0.2, 0) is 6.18 Å². The quantitative estimate of drug-likeness (QED) is 0.859. The second-order valence-electron chi connectivity index (χ2n) is 3.08. The van der Waals surface area contributed by atoms with Gasteiger partial charge in [-0.2, -0.15) is 13.2 Å². The number of aromatic carboxylic acids is 1. The third kappa shape index (κ3) is 2.66. The second-order valence-corrected chi connectivity index (χ2v) is 3.08. The van der Waals surface area contributed by atoms with Crippen molar-refractivity contribution in [1.29, 1.82) is 0 Å². The number of aromatic nitrogens is 1. The molecule has 0 fully saturated rings. The zero-order valence-corrected chi connectivity index (χ0v) is 8.76. The molecule has 1 aromatic heterocycles. The van der Waals surface area contributed by atoms with Crippen molar-refractivity contribution in [1.82, 2.24) is 4.98 Å². The van der Waals surface area contributed by atoms with Crippen molar-refractivity contribution in [3.8, 4) is 5.88 Å². The Morgan fingerprint density at radius 2 is 2.00 bits per heavy atom. The van der Waals surface area contributed by atoms with Crippen molar-refractivity contribution in [3.63, 3.8) is 0 Å². The van der Waals surface area contributed by atoms with E-state index < -0.39 is 41.3 Å². The third-order valence-electron chi connectivity index (χ3n) is 1.95. The molecule has 4 nitrogen and oxygen atoms in total. The van der Waals surface area contributed by atoms with Crippen molar-refractivity contribution < 1.29 is 36.6 Å². The predicted molar refractivity (Wildman–Crippen MR) is 47.7 cm³/mol. The summed E-state index contributed by atoms with van der Waals surface area (Å²) >= 11 is 0. The van der Waals surface area contributed by atoms with Crippen molar-refractivity contribution in [2.24, 2.45) is 0 Å². The van der Waals surface area contributed by atoms with Crippen LogP contribution in [0, 0.1) is 0 Å². The van der Waals surface area contributed by atoms with Gasteiger partial charge in [0.2, 0.25) is 5.88 Å². The molecular formula is C9H6F5NO3. The summed E-state index contributed by atoms with van der Waals surface area (Å²) in [4.78, 5) is 13.5. The summed E-state index contributed by atoms with van der Waals surface area (Å²) in [7, 11) is 0.929. The van der Waals surface area contributed by atoms with Crippen molar-refractivity contribution in [2.45, 2.75) is 12.6 Å². The molecule has 0 aromatic carbocycles. The molecule has 0 radical (unpaired) electrons. The lowest BCUT2D eigenvalue weighted by Crippen LogP contribution is -2.18. The number of ether oxygens (including phenoxy) is 1. The molecule has 100 valence electrons. The lowest BCUT2D eigenvalue weighted by atomic mass is 10.1. The first-order valence-electron chi connectivity index (χ1n) is 4.36. The first-order valence-corrected chi connectivity index (χ1v) is 4.36. The molecule has 1 aromatic rings. The van der Waals surface area contributed by atoms with Gasteiger partial charge in [0.05, 0.1) is 12.7 Å². The summed E-state index contributed by atoms with van der Waals surface area (Å²) in [6.07, 6.45) is -8.57. The summed E-state index contributed by atoms with van der Waals surface area (Å²) < 4.78 is 67.1. The van der Waals surface area contributed by atoms with E-state index >= 15 is 0 Å². The minimum atomic E-state index is -5.17. The number of pyridine rings is 1. The molecular weight excluding hydrogens is 265 g/mol. The molecule has 0 aliphatic heterocycles. The number of carbonyl (C=O) groups is 1. The molecule has 0 atom stereocenters. The number of hydrogen-bond acceptors (Lipinski definition) is 3. The highest BCUT2D eigenvalue weighted by Crippen LogP contribution is 2.36. The number of halogens is 5. The Hall–Kier alpha value is -1.93. The average Bonchev–Trinajstić information content (AvgIpc) is 2.25. The van der Waals surface area contributed by atoms with Crippen molar-refractivity contribution in [2.75, 3.05) is 7.11 Å². The van der Waals surface area contributed by atoms with Gasteiger partial charge in [0.15, 0.2) is 5.69 Å². The van der Waals surface area contributed by atoms with E-state index in [1.165, 1.54) is 0 Å². The van der Waals surface area contributed by atoms with Crippen LogP contribution >= 0.6 is 0 Å². The van der Waals surface area contributed by atoms with E-state index in [2.05, 4.69) is 9.72 Å². The summed E-state index contributed by atoms with van der Waals surface area (Å²) in [6.45, 7) is 0. The molecule has 0 unspecified atom stereocenters. The highest BCUT2D eigenvalue weighted by atomic mass is 19.4. The molecule has 0 spiro atoms. The Kier molecular flexibility index (Phi) is 3.73. The lowest BCUT2D eigenvalue weighted by Gasteiger charge is -2.14. The predicted octanol–water partition coefficient (Wildman–Crippen LogP) is 2.74. The van der Waals surface area contributed by atoms with Crippen LogP contribution in [0.1, 0.15) is 28.0 Å². The molecule has 0 aliphatic rings. The summed E-state index contributed by atoms with van der Waals surface area (Å²) in [5.74, 6) is -2.87. The minimum Gasteiger partial charge on any atom is -0.481 e. The first kappa shape index (κ1) is 14.1. The summed E-state index contributed by atoms with van der Waals surface area (Å²) in [5.41, 5.74) is -4.77. The van der Waals surface area contributed by atoms with Gasteiger partial charge in [0.25, 0.3) is 6.43 Å². The van der Waals surface area contributed by atoms with Crippen molar-refractivity contribution in [3.05, 3.63) is 22.9 Å². The van der Waals surface area contributed by atoms with Gasteiger partial charge in [-0.25, -0.2) is 18.6 Å². The zero-order valence-electron chi connectivity index (χ0n) is 8.76. The van der Waals surface area contributed by atoms with Crippen LogP contribution < -0.4 is 4.74 Å². The van der Waals surface area contributed by atoms with Gasteiger partial charge in [-0.05, 0) is 0 Å². The Morgan fingerprint density at radius 1 is 1.44 bits per heavy atom. The van der Waals surface area contributed by atoms with E-state index in [-0.39, 0.29) is 0 Å². The van der Waals surface area contributed by atoms with Gasteiger partial charge in [0, 0.05) is 11.6 Å². The maximum absolute atomic E-state index is 12.6. The van der Waals surface area contributed by atoms with Crippen LogP contribution in [0.25, 0.3) is 0 Å². The topological polar surface area (TPSA) is 59.4 Å². The normalized spacial score (nSPS) is 11.7. The van der Waals surface area contributed by atoms with Crippen LogP contribution in [0.3, 0.4) is 0 Å². The number of hydrogen-bond donors (Lipinski definition) is 1. The number of rotatable bonds is 3. The van der Waals surface area contributed by atoms with E-state index in [9.17, 15) is 26.7 Å². The Morgan fingerprint density at radius 3 is 2.33 bits per heavy atom. The van der Waals surface area contributed by atoms with E-state index in [4.69, 9.17) is 5.11 Å². The van der Waals surface area contributed by atoms with Gasteiger partial charge in [-0.1, -0.05) is 0 Å².